The minimum Gasteiger partial charge on any atom is -0.353 e. The van der Waals surface area contributed by atoms with E-state index in [1.165, 1.54) is 0 Å². The maximum absolute atomic E-state index is 5.06. The number of aryl methyl sites for hydroxylation is 2. The van der Waals surface area contributed by atoms with Crippen LogP contribution in [0.1, 0.15) is 25.2 Å². The van der Waals surface area contributed by atoms with Gasteiger partial charge < -0.3 is 4.52 Å². The van der Waals surface area contributed by atoms with Crippen LogP contribution >= 0.6 is 11.3 Å². The second kappa shape index (κ2) is 4.91. The molecular formula is C10H14N2OS. The Morgan fingerprint density at radius 1 is 1.21 bits per heavy atom. The summed E-state index contributed by atoms with van der Waals surface area (Å²) in [6.07, 6.45) is 0. The van der Waals surface area contributed by atoms with E-state index < -0.39 is 0 Å². The van der Waals surface area contributed by atoms with Crippen LogP contribution in [0.2, 0.25) is 0 Å². The Hall–Kier alpha value is -1.16. The predicted molar refractivity (Wildman–Crippen MR) is 58.4 cm³/mol. The fourth-order valence-corrected chi connectivity index (χ4v) is 1.68. The summed E-state index contributed by atoms with van der Waals surface area (Å²) in [6.45, 7) is 7.86. The van der Waals surface area contributed by atoms with Gasteiger partial charge in [0.2, 0.25) is 0 Å². The van der Waals surface area contributed by atoms with Crippen molar-refractivity contribution in [2.45, 2.75) is 27.7 Å². The summed E-state index contributed by atoms with van der Waals surface area (Å²) in [5, 5.41) is 6.68. The molecule has 14 heavy (non-hydrogen) atoms. The molecule has 0 radical (unpaired) electrons. The van der Waals surface area contributed by atoms with Gasteiger partial charge >= 0.3 is 0 Å². The van der Waals surface area contributed by atoms with Crippen molar-refractivity contribution in [3.8, 4) is 10.8 Å². The number of thiazole rings is 1. The van der Waals surface area contributed by atoms with Crippen molar-refractivity contribution in [3.05, 3.63) is 22.8 Å². The molecule has 0 aliphatic heterocycles. The minimum atomic E-state index is 0.755. The van der Waals surface area contributed by atoms with Gasteiger partial charge in [-0.25, -0.2) is 4.98 Å². The van der Waals surface area contributed by atoms with Crippen LogP contribution in [-0.4, -0.2) is 10.1 Å². The maximum Gasteiger partial charge on any atom is 0.195 e. The first-order valence-corrected chi connectivity index (χ1v) is 5.49. The molecule has 76 valence electrons. The van der Waals surface area contributed by atoms with Crippen molar-refractivity contribution in [3.63, 3.8) is 0 Å². The molecule has 0 N–H and O–H groups in total. The van der Waals surface area contributed by atoms with Crippen molar-refractivity contribution in [1.29, 1.82) is 0 Å². The number of rotatable bonds is 1. The zero-order valence-corrected chi connectivity index (χ0v) is 9.68. The van der Waals surface area contributed by atoms with Crippen molar-refractivity contribution in [2.75, 3.05) is 0 Å². The Morgan fingerprint density at radius 3 is 2.36 bits per heavy atom. The minimum absolute atomic E-state index is 0.755. The third-order valence-electron chi connectivity index (χ3n) is 1.46. The normalized spacial score (nSPS) is 9.43. The summed E-state index contributed by atoms with van der Waals surface area (Å²) in [6, 6.07) is 1.89. The Bertz CT molecular complexity index is 354. The van der Waals surface area contributed by atoms with E-state index in [1.54, 1.807) is 11.3 Å². The van der Waals surface area contributed by atoms with Gasteiger partial charge in [0.25, 0.3) is 0 Å². The highest BCUT2D eigenvalue weighted by molar-refractivity contribution is 7.13. The summed E-state index contributed by atoms with van der Waals surface area (Å²) in [4.78, 5) is 4.28. The van der Waals surface area contributed by atoms with E-state index in [-0.39, 0.29) is 0 Å². The molecule has 2 aromatic rings. The molecule has 0 saturated heterocycles. The lowest BCUT2D eigenvalue weighted by Gasteiger charge is -1.82. The molecule has 0 aliphatic carbocycles. The first kappa shape index (κ1) is 10.9. The monoisotopic (exact) mass is 210 g/mol. The second-order valence-corrected chi connectivity index (χ2v) is 3.48. The third-order valence-corrected chi connectivity index (χ3v) is 2.43. The van der Waals surface area contributed by atoms with Crippen molar-refractivity contribution >= 4 is 11.3 Å². The molecular weight excluding hydrogens is 196 g/mol. The Kier molecular flexibility index (Phi) is 3.83. The highest BCUT2D eigenvalue weighted by atomic mass is 32.1. The zero-order valence-electron chi connectivity index (χ0n) is 8.87. The van der Waals surface area contributed by atoms with Gasteiger partial charge in [0.1, 0.15) is 0 Å². The molecule has 0 bridgehead atoms. The van der Waals surface area contributed by atoms with Gasteiger partial charge in [0.05, 0.1) is 5.69 Å². The molecule has 0 aromatic carbocycles. The van der Waals surface area contributed by atoms with Gasteiger partial charge in [-0.2, -0.15) is 0 Å². The molecule has 0 spiro atoms. The molecule has 0 saturated carbocycles. The van der Waals surface area contributed by atoms with Crippen molar-refractivity contribution in [1.82, 2.24) is 10.1 Å². The molecule has 2 rings (SSSR count). The fraction of sp³-hybridized carbons (Fsp3) is 0.400. The van der Waals surface area contributed by atoms with E-state index >= 15 is 0 Å². The van der Waals surface area contributed by atoms with Gasteiger partial charge in [0, 0.05) is 17.1 Å². The zero-order chi connectivity index (χ0) is 10.6. The number of hydrogen-bond donors (Lipinski definition) is 0. The van der Waals surface area contributed by atoms with Gasteiger partial charge in [-0.05, 0) is 13.8 Å². The summed E-state index contributed by atoms with van der Waals surface area (Å²) >= 11 is 1.57. The number of aromatic nitrogens is 2. The topological polar surface area (TPSA) is 38.9 Å². The standard InChI is InChI=1S/C8H8N2OS.C2H6/c1-5-3-7(11-10-5)8-9-6(2)4-12-8;1-2/h3-4H,1-2H3;1-2H3. The number of nitrogens with zero attached hydrogens (tertiary/aromatic N) is 2. The van der Waals surface area contributed by atoms with Crippen LogP contribution in [0.3, 0.4) is 0 Å². The smallest absolute Gasteiger partial charge is 0.195 e. The lowest BCUT2D eigenvalue weighted by Crippen LogP contribution is -1.71. The van der Waals surface area contributed by atoms with Crippen LogP contribution in [0.5, 0.6) is 0 Å². The highest BCUT2D eigenvalue weighted by Gasteiger charge is 2.07. The molecule has 0 fully saturated rings. The molecule has 2 aromatic heterocycles. The third kappa shape index (κ3) is 2.42. The van der Waals surface area contributed by atoms with E-state index in [0.29, 0.717) is 0 Å². The first-order valence-electron chi connectivity index (χ1n) is 4.61. The van der Waals surface area contributed by atoms with Crippen LogP contribution in [0.4, 0.5) is 0 Å². The summed E-state index contributed by atoms with van der Waals surface area (Å²) in [5.74, 6) is 0.755. The number of hydrogen-bond acceptors (Lipinski definition) is 4. The van der Waals surface area contributed by atoms with Gasteiger partial charge in [-0.3, -0.25) is 0 Å². The molecule has 2 heterocycles. The molecule has 3 nitrogen and oxygen atoms in total. The summed E-state index contributed by atoms with van der Waals surface area (Å²) in [5.41, 5.74) is 1.90. The maximum atomic E-state index is 5.06. The first-order chi connectivity index (χ1) is 6.75. The SMILES string of the molecule is CC.Cc1cc(-c2nc(C)cs2)on1. The summed E-state index contributed by atoms with van der Waals surface area (Å²) < 4.78 is 5.06. The Labute approximate surface area is 87.8 Å². The fourth-order valence-electron chi connectivity index (χ4n) is 0.932. The average molecular weight is 210 g/mol. The van der Waals surface area contributed by atoms with Gasteiger partial charge in [0.15, 0.2) is 10.8 Å². The van der Waals surface area contributed by atoms with Crippen LogP contribution in [0.25, 0.3) is 10.8 Å². The van der Waals surface area contributed by atoms with Gasteiger partial charge in [-0.1, -0.05) is 19.0 Å². The molecule has 4 heteroatoms. The van der Waals surface area contributed by atoms with Crippen LogP contribution in [-0.2, 0) is 0 Å². The van der Waals surface area contributed by atoms with E-state index in [9.17, 15) is 0 Å². The van der Waals surface area contributed by atoms with Crippen molar-refractivity contribution in [2.24, 2.45) is 0 Å². The lowest BCUT2D eigenvalue weighted by atomic mass is 10.4. The van der Waals surface area contributed by atoms with Gasteiger partial charge in [-0.15, -0.1) is 11.3 Å². The second-order valence-electron chi connectivity index (χ2n) is 2.63. The van der Waals surface area contributed by atoms with Crippen LogP contribution in [0, 0.1) is 13.8 Å². The van der Waals surface area contributed by atoms with Crippen molar-refractivity contribution < 1.29 is 4.52 Å². The molecule has 0 unspecified atom stereocenters. The summed E-state index contributed by atoms with van der Waals surface area (Å²) in [7, 11) is 0. The van der Waals surface area contributed by atoms with E-state index in [1.807, 2.05) is 39.1 Å². The lowest BCUT2D eigenvalue weighted by molar-refractivity contribution is 0.427. The highest BCUT2D eigenvalue weighted by Crippen LogP contribution is 2.23. The van der Waals surface area contributed by atoms with E-state index in [2.05, 4.69) is 10.1 Å². The molecule has 0 atom stereocenters. The Balaban J connectivity index is 0.000000461. The average Bonchev–Trinajstić information content (AvgIpc) is 2.78. The van der Waals surface area contributed by atoms with Crippen LogP contribution in [0.15, 0.2) is 16.0 Å². The molecule has 0 aliphatic rings. The largest absolute Gasteiger partial charge is 0.353 e. The molecule has 0 amide bonds. The Morgan fingerprint density at radius 2 is 1.93 bits per heavy atom. The van der Waals surface area contributed by atoms with E-state index in [0.717, 1.165) is 22.2 Å². The van der Waals surface area contributed by atoms with E-state index in [4.69, 9.17) is 4.52 Å². The quantitative estimate of drug-likeness (QED) is 0.723. The van der Waals surface area contributed by atoms with Crippen LogP contribution < -0.4 is 0 Å². The predicted octanol–water partition coefficient (Wildman–Crippen LogP) is 3.44.